The van der Waals surface area contributed by atoms with Crippen LogP contribution in [0.15, 0.2) is 18.2 Å². The van der Waals surface area contributed by atoms with Crippen LogP contribution < -0.4 is 10.2 Å². The van der Waals surface area contributed by atoms with Crippen LogP contribution in [0.4, 0.5) is 5.69 Å². The van der Waals surface area contributed by atoms with Gasteiger partial charge < -0.3 is 10.2 Å². The molecule has 1 aromatic rings. The van der Waals surface area contributed by atoms with Crippen LogP contribution in [-0.4, -0.2) is 18.1 Å². The largest absolute Gasteiger partial charge is 0.368 e. The van der Waals surface area contributed by atoms with Crippen molar-refractivity contribution in [3.63, 3.8) is 0 Å². The first kappa shape index (κ1) is 15.2. The second-order valence-corrected chi connectivity index (χ2v) is 8.08. The van der Waals surface area contributed by atoms with Crippen LogP contribution in [0.5, 0.6) is 0 Å². The summed E-state index contributed by atoms with van der Waals surface area (Å²) in [4.78, 5) is 2.63. The van der Waals surface area contributed by atoms with Gasteiger partial charge in [0.25, 0.3) is 0 Å². The number of nitrogens with zero attached hydrogens (tertiary/aromatic N) is 1. The number of rotatable bonds is 6. The van der Waals surface area contributed by atoms with E-state index in [0.717, 1.165) is 23.5 Å². The number of hydrogen-bond donors (Lipinski definition) is 1. The summed E-state index contributed by atoms with van der Waals surface area (Å²) in [7, 11) is 0. The fourth-order valence-electron chi connectivity index (χ4n) is 2.75. The summed E-state index contributed by atoms with van der Waals surface area (Å²) in [5, 5.41) is 4.49. The Kier molecular flexibility index (Phi) is 4.20. The molecular formula is C18H27ClN2. The highest BCUT2D eigenvalue weighted by atomic mass is 35.5. The smallest absolute Gasteiger partial charge is 0.0471 e. The minimum Gasteiger partial charge on any atom is -0.368 e. The van der Waals surface area contributed by atoms with E-state index >= 15 is 0 Å². The molecule has 1 N–H and O–H groups in total. The summed E-state index contributed by atoms with van der Waals surface area (Å²) < 4.78 is 0. The molecule has 2 aliphatic rings. The molecule has 0 atom stereocenters. The van der Waals surface area contributed by atoms with E-state index in [-0.39, 0.29) is 5.54 Å². The van der Waals surface area contributed by atoms with Gasteiger partial charge in [-0.15, -0.1) is 0 Å². The molecule has 0 aliphatic heterocycles. The van der Waals surface area contributed by atoms with Crippen LogP contribution in [0.1, 0.15) is 52.0 Å². The third-order valence-electron chi connectivity index (χ3n) is 4.34. The van der Waals surface area contributed by atoms with Crippen molar-refractivity contribution in [3.05, 3.63) is 28.8 Å². The summed E-state index contributed by atoms with van der Waals surface area (Å²) in [5.74, 6) is 0.910. The second-order valence-electron chi connectivity index (χ2n) is 7.67. The first-order valence-electron chi connectivity index (χ1n) is 8.23. The molecule has 0 unspecified atom stereocenters. The van der Waals surface area contributed by atoms with Crippen molar-refractivity contribution < 1.29 is 0 Å². The number of nitrogens with one attached hydrogen (secondary N) is 1. The summed E-state index contributed by atoms with van der Waals surface area (Å²) in [6.45, 7) is 8.66. The SMILES string of the molecule is CC(C)(C)NCc1c(Cl)cccc1N(CC1CC1)C1CC1. The Hall–Kier alpha value is -0.730. The molecule has 3 heteroatoms. The highest BCUT2D eigenvalue weighted by Crippen LogP contribution is 2.40. The molecule has 0 heterocycles. The molecule has 0 radical (unpaired) electrons. The summed E-state index contributed by atoms with van der Waals surface area (Å²) in [6, 6.07) is 7.12. The zero-order chi connectivity index (χ0) is 15.0. The number of anilines is 1. The number of hydrogen-bond acceptors (Lipinski definition) is 2. The monoisotopic (exact) mass is 306 g/mol. The second kappa shape index (κ2) is 5.81. The minimum absolute atomic E-state index is 0.108. The maximum Gasteiger partial charge on any atom is 0.0471 e. The van der Waals surface area contributed by atoms with Crippen LogP contribution in [-0.2, 0) is 6.54 Å². The fourth-order valence-corrected chi connectivity index (χ4v) is 2.99. The molecule has 1 aromatic carbocycles. The lowest BCUT2D eigenvalue weighted by Crippen LogP contribution is -2.36. The molecule has 116 valence electrons. The Balaban J connectivity index is 1.83. The molecule has 0 saturated heterocycles. The molecule has 2 aliphatic carbocycles. The van der Waals surface area contributed by atoms with Gasteiger partial charge in [-0.2, -0.15) is 0 Å². The molecular weight excluding hydrogens is 280 g/mol. The summed E-state index contributed by atoms with van der Waals surface area (Å²) in [5.41, 5.74) is 2.73. The van der Waals surface area contributed by atoms with E-state index in [4.69, 9.17) is 11.6 Å². The average Bonchev–Trinajstić information content (AvgIpc) is 3.24. The van der Waals surface area contributed by atoms with E-state index in [1.54, 1.807) is 0 Å². The molecule has 0 spiro atoms. The van der Waals surface area contributed by atoms with E-state index in [1.165, 1.54) is 43.5 Å². The maximum absolute atomic E-state index is 6.51. The average molecular weight is 307 g/mol. The van der Waals surface area contributed by atoms with Crippen molar-refractivity contribution in [3.8, 4) is 0 Å². The summed E-state index contributed by atoms with van der Waals surface area (Å²) in [6.07, 6.45) is 5.48. The molecule has 0 bridgehead atoms. The van der Waals surface area contributed by atoms with Gasteiger partial charge in [0.15, 0.2) is 0 Å². The number of halogens is 1. The normalized spacial score (nSPS) is 18.9. The molecule has 0 aromatic heterocycles. The topological polar surface area (TPSA) is 15.3 Å². The van der Waals surface area contributed by atoms with Gasteiger partial charge in [0.2, 0.25) is 0 Å². The van der Waals surface area contributed by atoms with Crippen molar-refractivity contribution in [2.45, 2.75) is 64.6 Å². The van der Waals surface area contributed by atoms with Crippen molar-refractivity contribution in [1.82, 2.24) is 5.32 Å². The van der Waals surface area contributed by atoms with Crippen LogP contribution >= 0.6 is 11.6 Å². The van der Waals surface area contributed by atoms with E-state index in [1.807, 2.05) is 6.07 Å². The van der Waals surface area contributed by atoms with Gasteiger partial charge in [-0.05, 0) is 64.5 Å². The lowest BCUT2D eigenvalue weighted by Gasteiger charge is -2.29. The zero-order valence-corrected chi connectivity index (χ0v) is 14.2. The molecule has 0 amide bonds. The molecule has 3 rings (SSSR count). The Morgan fingerprint density at radius 2 is 1.90 bits per heavy atom. The molecule has 2 fully saturated rings. The van der Waals surface area contributed by atoms with E-state index in [9.17, 15) is 0 Å². The quantitative estimate of drug-likeness (QED) is 0.826. The van der Waals surface area contributed by atoms with Gasteiger partial charge in [-0.25, -0.2) is 0 Å². The van der Waals surface area contributed by atoms with Crippen LogP contribution in [0, 0.1) is 5.92 Å². The third-order valence-corrected chi connectivity index (χ3v) is 4.69. The Morgan fingerprint density at radius 1 is 1.19 bits per heavy atom. The van der Waals surface area contributed by atoms with Gasteiger partial charge in [-0.1, -0.05) is 17.7 Å². The van der Waals surface area contributed by atoms with Crippen LogP contribution in [0.25, 0.3) is 0 Å². The van der Waals surface area contributed by atoms with Gasteiger partial charge in [0, 0.05) is 40.9 Å². The Labute approximate surface area is 133 Å². The van der Waals surface area contributed by atoms with Gasteiger partial charge in [0.1, 0.15) is 0 Å². The molecule has 2 nitrogen and oxygen atoms in total. The predicted molar refractivity (Wildman–Crippen MR) is 91.1 cm³/mol. The third kappa shape index (κ3) is 4.14. The predicted octanol–water partition coefficient (Wildman–Crippen LogP) is 4.61. The van der Waals surface area contributed by atoms with Crippen molar-refractivity contribution in [2.24, 2.45) is 5.92 Å². The van der Waals surface area contributed by atoms with Gasteiger partial charge in [-0.3, -0.25) is 0 Å². The highest BCUT2D eigenvalue weighted by molar-refractivity contribution is 6.31. The van der Waals surface area contributed by atoms with Gasteiger partial charge in [0.05, 0.1) is 0 Å². The lowest BCUT2D eigenvalue weighted by atomic mass is 10.1. The van der Waals surface area contributed by atoms with E-state index < -0.39 is 0 Å². The maximum atomic E-state index is 6.51. The van der Waals surface area contributed by atoms with Crippen molar-refractivity contribution in [1.29, 1.82) is 0 Å². The zero-order valence-electron chi connectivity index (χ0n) is 13.5. The highest BCUT2D eigenvalue weighted by Gasteiger charge is 2.35. The standard InChI is InChI=1S/C18H27ClN2/c1-18(2,3)20-11-15-16(19)5-4-6-17(15)21(14-9-10-14)12-13-7-8-13/h4-6,13-14,20H,7-12H2,1-3H3. The Bertz CT molecular complexity index is 498. The van der Waals surface area contributed by atoms with Crippen LogP contribution in [0.2, 0.25) is 5.02 Å². The first-order valence-corrected chi connectivity index (χ1v) is 8.61. The minimum atomic E-state index is 0.108. The van der Waals surface area contributed by atoms with Crippen LogP contribution in [0.3, 0.4) is 0 Å². The van der Waals surface area contributed by atoms with E-state index in [2.05, 4.69) is 43.1 Å². The Morgan fingerprint density at radius 3 is 2.48 bits per heavy atom. The van der Waals surface area contributed by atoms with Gasteiger partial charge >= 0.3 is 0 Å². The van der Waals surface area contributed by atoms with E-state index in [0.29, 0.717) is 0 Å². The summed E-state index contributed by atoms with van der Waals surface area (Å²) >= 11 is 6.51. The van der Waals surface area contributed by atoms with Crippen molar-refractivity contribution >= 4 is 17.3 Å². The molecule has 2 saturated carbocycles. The fraction of sp³-hybridized carbons (Fsp3) is 0.667. The van der Waals surface area contributed by atoms with Crippen molar-refractivity contribution in [2.75, 3.05) is 11.4 Å². The first-order chi connectivity index (χ1) is 9.94. The molecule has 21 heavy (non-hydrogen) atoms. The lowest BCUT2D eigenvalue weighted by molar-refractivity contribution is 0.424. The number of benzene rings is 1.